The van der Waals surface area contributed by atoms with Gasteiger partial charge in [-0.05, 0) is 22.3 Å². The SMILES string of the molecule is C=C1C(OCc2ccccc2)CC(OCc2ccccc2)CC1OCc1ccccc1. The van der Waals surface area contributed by atoms with Gasteiger partial charge in [0.25, 0.3) is 0 Å². The Balaban J connectivity index is 1.40. The van der Waals surface area contributed by atoms with Gasteiger partial charge in [-0.2, -0.15) is 0 Å². The molecule has 0 aliphatic heterocycles. The molecule has 1 aliphatic rings. The molecule has 0 radical (unpaired) electrons. The van der Waals surface area contributed by atoms with Crippen LogP contribution in [0.3, 0.4) is 0 Å². The lowest BCUT2D eigenvalue weighted by Gasteiger charge is -2.36. The van der Waals surface area contributed by atoms with Crippen LogP contribution in [0.15, 0.2) is 103 Å². The summed E-state index contributed by atoms with van der Waals surface area (Å²) in [5.41, 5.74) is 4.50. The van der Waals surface area contributed by atoms with Crippen molar-refractivity contribution >= 4 is 0 Å². The van der Waals surface area contributed by atoms with Gasteiger partial charge in [-0.15, -0.1) is 0 Å². The summed E-state index contributed by atoms with van der Waals surface area (Å²) in [6, 6.07) is 30.8. The number of rotatable bonds is 9. The first-order valence-corrected chi connectivity index (χ1v) is 10.9. The Kier molecular flexibility index (Phi) is 7.67. The van der Waals surface area contributed by atoms with Crippen LogP contribution in [0.4, 0.5) is 0 Å². The second kappa shape index (κ2) is 11.1. The fourth-order valence-electron chi connectivity index (χ4n) is 3.90. The summed E-state index contributed by atoms with van der Waals surface area (Å²) in [7, 11) is 0. The molecule has 2 unspecified atom stereocenters. The van der Waals surface area contributed by atoms with Gasteiger partial charge in [0, 0.05) is 12.8 Å². The van der Waals surface area contributed by atoms with Crippen molar-refractivity contribution in [3.05, 3.63) is 120 Å². The summed E-state index contributed by atoms with van der Waals surface area (Å²) in [5, 5.41) is 0. The highest BCUT2D eigenvalue weighted by Crippen LogP contribution is 2.31. The van der Waals surface area contributed by atoms with Crippen molar-refractivity contribution in [2.75, 3.05) is 0 Å². The summed E-state index contributed by atoms with van der Waals surface area (Å²) < 4.78 is 18.9. The van der Waals surface area contributed by atoms with E-state index < -0.39 is 0 Å². The number of benzene rings is 3. The number of hydrogen-bond donors (Lipinski definition) is 0. The second-order valence-corrected chi connectivity index (χ2v) is 8.04. The van der Waals surface area contributed by atoms with Gasteiger partial charge >= 0.3 is 0 Å². The summed E-state index contributed by atoms with van der Waals surface area (Å²) in [4.78, 5) is 0. The lowest BCUT2D eigenvalue weighted by molar-refractivity contribution is -0.0792. The molecule has 0 bridgehead atoms. The van der Waals surface area contributed by atoms with Crippen LogP contribution in [-0.4, -0.2) is 18.3 Å². The van der Waals surface area contributed by atoms with E-state index in [9.17, 15) is 0 Å². The van der Waals surface area contributed by atoms with Gasteiger partial charge in [0.1, 0.15) is 0 Å². The molecule has 0 amide bonds. The average Bonchev–Trinajstić information content (AvgIpc) is 2.83. The van der Waals surface area contributed by atoms with E-state index in [1.807, 2.05) is 54.6 Å². The van der Waals surface area contributed by atoms with Crippen LogP contribution in [0.25, 0.3) is 0 Å². The Bertz CT molecular complexity index is 869. The molecule has 1 fully saturated rings. The summed E-state index contributed by atoms with van der Waals surface area (Å²) in [6.45, 7) is 6.05. The Morgan fingerprint density at radius 1 is 0.548 bits per heavy atom. The first kappa shape index (κ1) is 21.5. The van der Waals surface area contributed by atoms with E-state index >= 15 is 0 Å². The van der Waals surface area contributed by atoms with Crippen molar-refractivity contribution < 1.29 is 14.2 Å². The lowest BCUT2D eigenvalue weighted by Crippen LogP contribution is -2.39. The number of hydrogen-bond acceptors (Lipinski definition) is 3. The maximum atomic E-state index is 6.29. The van der Waals surface area contributed by atoms with Crippen LogP contribution in [0.2, 0.25) is 0 Å². The molecule has 0 saturated heterocycles. The Labute approximate surface area is 185 Å². The van der Waals surface area contributed by atoms with E-state index in [0.29, 0.717) is 19.8 Å². The van der Waals surface area contributed by atoms with Crippen molar-refractivity contribution in [2.45, 2.75) is 51.0 Å². The van der Waals surface area contributed by atoms with E-state index in [1.165, 1.54) is 5.56 Å². The molecular weight excluding hydrogens is 384 g/mol. The first-order valence-electron chi connectivity index (χ1n) is 10.9. The molecule has 31 heavy (non-hydrogen) atoms. The Morgan fingerprint density at radius 3 is 1.29 bits per heavy atom. The van der Waals surface area contributed by atoms with Crippen molar-refractivity contribution in [3.63, 3.8) is 0 Å². The monoisotopic (exact) mass is 414 g/mol. The fraction of sp³-hybridized carbons (Fsp3) is 0.286. The molecule has 1 aliphatic carbocycles. The van der Waals surface area contributed by atoms with Crippen molar-refractivity contribution in [1.29, 1.82) is 0 Å². The number of ether oxygens (including phenoxy) is 3. The predicted molar refractivity (Wildman–Crippen MR) is 123 cm³/mol. The zero-order valence-electron chi connectivity index (χ0n) is 17.9. The standard InChI is InChI=1S/C28H30O3/c1-22-27(30-20-24-13-7-3-8-14-24)17-26(29-19-23-11-5-2-6-12-23)18-28(22)31-21-25-15-9-4-10-16-25/h2-16,26-28H,1,17-21H2. The molecule has 2 atom stereocenters. The molecule has 3 aromatic carbocycles. The summed E-state index contributed by atoms with van der Waals surface area (Å²) in [6.07, 6.45) is 1.48. The van der Waals surface area contributed by atoms with Gasteiger partial charge in [0.2, 0.25) is 0 Å². The summed E-state index contributed by atoms with van der Waals surface area (Å²) in [5.74, 6) is 0. The zero-order chi connectivity index (χ0) is 21.3. The van der Waals surface area contributed by atoms with Gasteiger partial charge in [-0.3, -0.25) is 0 Å². The largest absolute Gasteiger partial charge is 0.373 e. The second-order valence-electron chi connectivity index (χ2n) is 8.04. The van der Waals surface area contributed by atoms with E-state index in [4.69, 9.17) is 14.2 Å². The van der Waals surface area contributed by atoms with E-state index in [2.05, 4.69) is 43.0 Å². The van der Waals surface area contributed by atoms with E-state index in [1.54, 1.807) is 0 Å². The van der Waals surface area contributed by atoms with Crippen LogP contribution in [-0.2, 0) is 34.0 Å². The first-order chi connectivity index (χ1) is 15.3. The third kappa shape index (κ3) is 6.38. The highest BCUT2D eigenvalue weighted by molar-refractivity contribution is 5.18. The maximum Gasteiger partial charge on any atom is 0.0836 e. The van der Waals surface area contributed by atoms with Crippen molar-refractivity contribution in [2.24, 2.45) is 0 Å². The van der Waals surface area contributed by atoms with Gasteiger partial charge in [0.15, 0.2) is 0 Å². The third-order valence-corrected chi connectivity index (χ3v) is 5.70. The maximum absolute atomic E-state index is 6.29. The molecule has 3 heteroatoms. The molecule has 0 N–H and O–H groups in total. The van der Waals surface area contributed by atoms with Gasteiger partial charge in [-0.25, -0.2) is 0 Å². The van der Waals surface area contributed by atoms with Gasteiger partial charge < -0.3 is 14.2 Å². The predicted octanol–water partition coefficient (Wildman–Crippen LogP) is 6.09. The van der Waals surface area contributed by atoms with Crippen LogP contribution < -0.4 is 0 Å². The quantitative estimate of drug-likeness (QED) is 0.396. The molecule has 0 spiro atoms. The molecule has 3 nitrogen and oxygen atoms in total. The molecule has 160 valence electrons. The van der Waals surface area contributed by atoms with Gasteiger partial charge in [-0.1, -0.05) is 97.6 Å². The molecule has 0 aromatic heterocycles. The Morgan fingerprint density at radius 2 is 0.903 bits per heavy atom. The minimum atomic E-state index is -0.0875. The van der Waals surface area contributed by atoms with Crippen LogP contribution in [0.5, 0.6) is 0 Å². The highest BCUT2D eigenvalue weighted by atomic mass is 16.5. The topological polar surface area (TPSA) is 27.7 Å². The molecule has 3 aromatic rings. The van der Waals surface area contributed by atoms with Crippen LogP contribution >= 0.6 is 0 Å². The lowest BCUT2D eigenvalue weighted by atomic mass is 9.88. The minimum Gasteiger partial charge on any atom is -0.373 e. The highest BCUT2D eigenvalue weighted by Gasteiger charge is 2.34. The average molecular weight is 415 g/mol. The molecule has 4 rings (SSSR count). The normalized spacial score (nSPS) is 21.2. The molecule has 0 heterocycles. The van der Waals surface area contributed by atoms with E-state index in [-0.39, 0.29) is 18.3 Å². The smallest absolute Gasteiger partial charge is 0.0836 e. The third-order valence-electron chi connectivity index (χ3n) is 5.70. The summed E-state index contributed by atoms with van der Waals surface area (Å²) >= 11 is 0. The van der Waals surface area contributed by atoms with E-state index in [0.717, 1.165) is 29.5 Å². The molecular formula is C28H30O3. The van der Waals surface area contributed by atoms with Crippen LogP contribution in [0, 0.1) is 0 Å². The molecule has 1 saturated carbocycles. The minimum absolute atomic E-state index is 0.0623. The zero-order valence-corrected chi connectivity index (χ0v) is 17.9. The van der Waals surface area contributed by atoms with Crippen molar-refractivity contribution in [3.8, 4) is 0 Å². The Hall–Kier alpha value is -2.72. The fourth-order valence-corrected chi connectivity index (χ4v) is 3.90. The van der Waals surface area contributed by atoms with Crippen molar-refractivity contribution in [1.82, 2.24) is 0 Å². The van der Waals surface area contributed by atoms with Crippen LogP contribution in [0.1, 0.15) is 29.5 Å². The van der Waals surface area contributed by atoms with Gasteiger partial charge in [0.05, 0.1) is 38.1 Å².